The molecule has 3 rings (SSSR count). The minimum Gasteiger partial charge on any atom is -0.496 e. The van der Waals surface area contributed by atoms with Crippen LogP contribution in [-0.2, 0) is 0 Å². The van der Waals surface area contributed by atoms with Crippen molar-refractivity contribution in [3.63, 3.8) is 0 Å². The van der Waals surface area contributed by atoms with E-state index < -0.39 is 0 Å². The zero-order valence-corrected chi connectivity index (χ0v) is 12.3. The maximum absolute atomic E-state index is 14.4. The van der Waals surface area contributed by atoms with Gasteiger partial charge in [-0.2, -0.15) is 0 Å². The van der Waals surface area contributed by atoms with Gasteiger partial charge in [-0.15, -0.1) is 0 Å². The first-order valence-corrected chi connectivity index (χ1v) is 6.96. The predicted molar refractivity (Wildman–Crippen MR) is 82.2 cm³/mol. The summed E-state index contributed by atoms with van der Waals surface area (Å²) in [5.74, 6) is 0.994. The van der Waals surface area contributed by atoms with Crippen LogP contribution in [0.3, 0.4) is 0 Å². The highest BCUT2D eigenvalue weighted by atomic mass is 19.1. The van der Waals surface area contributed by atoms with Crippen LogP contribution in [-0.4, -0.2) is 7.11 Å². The Morgan fingerprint density at radius 3 is 2.52 bits per heavy atom. The van der Waals surface area contributed by atoms with E-state index in [1.165, 1.54) is 6.07 Å². The molecule has 3 heteroatoms. The van der Waals surface area contributed by atoms with E-state index in [0.717, 1.165) is 11.0 Å². The fraction of sp³-hybridized carbons (Fsp3) is 0.222. The molecule has 0 aliphatic carbocycles. The molecule has 0 amide bonds. The Morgan fingerprint density at radius 2 is 1.86 bits per heavy atom. The lowest BCUT2D eigenvalue weighted by Gasteiger charge is -2.14. The first-order valence-electron chi connectivity index (χ1n) is 6.96. The zero-order chi connectivity index (χ0) is 15.0. The second kappa shape index (κ2) is 5.24. The number of benzene rings is 2. The lowest BCUT2D eigenvalue weighted by atomic mass is 9.98. The molecule has 21 heavy (non-hydrogen) atoms. The summed E-state index contributed by atoms with van der Waals surface area (Å²) in [7, 11) is 1.56. The highest BCUT2D eigenvalue weighted by molar-refractivity contribution is 5.83. The molecule has 2 nitrogen and oxygen atoms in total. The van der Waals surface area contributed by atoms with Gasteiger partial charge in [-0.05, 0) is 30.2 Å². The topological polar surface area (TPSA) is 22.4 Å². The Kier molecular flexibility index (Phi) is 3.42. The molecule has 3 aromatic rings. The third kappa shape index (κ3) is 2.40. The Bertz CT molecular complexity index is 754. The highest BCUT2D eigenvalue weighted by Gasteiger charge is 2.17. The second-order valence-corrected chi connectivity index (χ2v) is 5.38. The van der Waals surface area contributed by atoms with Crippen molar-refractivity contribution in [2.24, 2.45) is 0 Å². The van der Waals surface area contributed by atoms with Gasteiger partial charge in [0.05, 0.1) is 7.11 Å². The molecular weight excluding hydrogens is 267 g/mol. The maximum Gasteiger partial charge on any atom is 0.135 e. The summed E-state index contributed by atoms with van der Waals surface area (Å²) in [6, 6.07) is 13.0. The lowest BCUT2D eigenvalue weighted by molar-refractivity contribution is 0.401. The van der Waals surface area contributed by atoms with Crippen molar-refractivity contribution >= 4 is 11.0 Å². The lowest BCUT2D eigenvalue weighted by Crippen LogP contribution is -1.99. The number of methoxy groups -OCH3 is 1. The molecular formula is C18H17FO2. The average Bonchev–Trinajstić information content (AvgIpc) is 2.89. The van der Waals surface area contributed by atoms with Gasteiger partial charge in [-0.1, -0.05) is 32.0 Å². The summed E-state index contributed by atoms with van der Waals surface area (Å²) in [5.41, 5.74) is 2.07. The van der Waals surface area contributed by atoms with Gasteiger partial charge in [-0.25, -0.2) is 4.39 Å². The third-order valence-electron chi connectivity index (χ3n) is 3.60. The Hall–Kier alpha value is -2.29. The Balaban J connectivity index is 2.16. The van der Waals surface area contributed by atoms with E-state index in [1.807, 2.05) is 50.2 Å². The number of hydrogen-bond acceptors (Lipinski definition) is 2. The van der Waals surface area contributed by atoms with Crippen LogP contribution in [0.5, 0.6) is 5.75 Å². The third-order valence-corrected chi connectivity index (χ3v) is 3.60. The van der Waals surface area contributed by atoms with E-state index in [9.17, 15) is 4.39 Å². The second-order valence-electron chi connectivity index (χ2n) is 5.38. The van der Waals surface area contributed by atoms with Gasteiger partial charge in [0.2, 0.25) is 0 Å². The molecule has 0 saturated carbocycles. The first-order chi connectivity index (χ1) is 10.1. The van der Waals surface area contributed by atoms with Crippen molar-refractivity contribution in [1.29, 1.82) is 0 Å². The molecule has 0 unspecified atom stereocenters. The smallest absolute Gasteiger partial charge is 0.135 e. The quantitative estimate of drug-likeness (QED) is 0.645. The molecule has 0 aliphatic rings. The van der Waals surface area contributed by atoms with E-state index >= 15 is 0 Å². The molecule has 1 aromatic heterocycles. The average molecular weight is 284 g/mol. The normalized spacial score (nSPS) is 11.3. The molecule has 0 fully saturated rings. The van der Waals surface area contributed by atoms with Crippen LogP contribution in [0.4, 0.5) is 4.39 Å². The number of furan rings is 1. The van der Waals surface area contributed by atoms with Gasteiger partial charge in [0, 0.05) is 16.5 Å². The van der Waals surface area contributed by atoms with E-state index in [2.05, 4.69) is 0 Å². The fourth-order valence-electron chi connectivity index (χ4n) is 2.59. The van der Waals surface area contributed by atoms with Crippen LogP contribution >= 0.6 is 0 Å². The fourth-order valence-corrected chi connectivity index (χ4v) is 2.59. The Morgan fingerprint density at radius 1 is 1.10 bits per heavy atom. The number of hydrogen-bond donors (Lipinski definition) is 0. The van der Waals surface area contributed by atoms with Crippen LogP contribution in [0.1, 0.15) is 25.3 Å². The molecule has 1 heterocycles. The zero-order valence-electron chi connectivity index (χ0n) is 12.3. The number of ether oxygens (including phenoxy) is 1. The molecule has 0 saturated heterocycles. The van der Waals surface area contributed by atoms with Gasteiger partial charge in [0.1, 0.15) is 22.9 Å². The largest absolute Gasteiger partial charge is 0.496 e. The van der Waals surface area contributed by atoms with Gasteiger partial charge < -0.3 is 9.15 Å². The minimum absolute atomic E-state index is 0.0599. The molecule has 0 aliphatic heterocycles. The summed E-state index contributed by atoms with van der Waals surface area (Å²) in [6.07, 6.45) is 0. The molecule has 0 bridgehead atoms. The molecule has 0 atom stereocenters. The highest BCUT2D eigenvalue weighted by Crippen LogP contribution is 2.36. The van der Waals surface area contributed by atoms with Crippen LogP contribution in [0.15, 0.2) is 46.9 Å². The van der Waals surface area contributed by atoms with E-state index in [4.69, 9.17) is 9.15 Å². The van der Waals surface area contributed by atoms with Crippen molar-refractivity contribution in [3.05, 3.63) is 53.8 Å². The number of fused-ring (bicyclic) bond motifs is 1. The van der Waals surface area contributed by atoms with Crippen LogP contribution < -0.4 is 4.74 Å². The SMILES string of the molecule is COc1cc(-c2cc3ccccc3o2)cc(F)c1C(C)C. The van der Waals surface area contributed by atoms with Crippen molar-refractivity contribution in [1.82, 2.24) is 0 Å². The van der Waals surface area contributed by atoms with Crippen molar-refractivity contribution in [3.8, 4) is 17.1 Å². The van der Waals surface area contributed by atoms with Crippen LogP contribution in [0.25, 0.3) is 22.3 Å². The molecule has 0 N–H and O–H groups in total. The van der Waals surface area contributed by atoms with Crippen LogP contribution in [0.2, 0.25) is 0 Å². The number of halogens is 1. The van der Waals surface area contributed by atoms with E-state index in [1.54, 1.807) is 7.11 Å². The van der Waals surface area contributed by atoms with E-state index in [0.29, 0.717) is 22.6 Å². The van der Waals surface area contributed by atoms with Crippen molar-refractivity contribution < 1.29 is 13.5 Å². The van der Waals surface area contributed by atoms with Crippen molar-refractivity contribution in [2.75, 3.05) is 7.11 Å². The minimum atomic E-state index is -0.264. The standard InChI is InChI=1S/C18H17FO2/c1-11(2)18-14(19)8-13(10-17(18)20-3)16-9-12-6-4-5-7-15(12)21-16/h4-11H,1-3H3. The monoisotopic (exact) mass is 284 g/mol. The van der Waals surface area contributed by atoms with Gasteiger partial charge in [0.15, 0.2) is 0 Å². The van der Waals surface area contributed by atoms with Gasteiger partial charge >= 0.3 is 0 Å². The van der Waals surface area contributed by atoms with Gasteiger partial charge in [-0.3, -0.25) is 0 Å². The Labute approximate surface area is 123 Å². The maximum atomic E-state index is 14.4. The summed E-state index contributed by atoms with van der Waals surface area (Å²) < 4.78 is 25.5. The summed E-state index contributed by atoms with van der Waals surface area (Å²) >= 11 is 0. The molecule has 0 radical (unpaired) electrons. The molecule has 2 aromatic carbocycles. The first kappa shape index (κ1) is 13.7. The molecule has 0 spiro atoms. The van der Waals surface area contributed by atoms with Crippen molar-refractivity contribution in [2.45, 2.75) is 19.8 Å². The van der Waals surface area contributed by atoms with Gasteiger partial charge in [0.25, 0.3) is 0 Å². The van der Waals surface area contributed by atoms with Crippen LogP contribution in [0, 0.1) is 5.82 Å². The summed E-state index contributed by atoms with van der Waals surface area (Å²) in [5, 5.41) is 1.000. The number of para-hydroxylation sites is 1. The predicted octanol–water partition coefficient (Wildman–Crippen LogP) is 5.37. The van der Waals surface area contributed by atoms with E-state index in [-0.39, 0.29) is 11.7 Å². The number of rotatable bonds is 3. The summed E-state index contributed by atoms with van der Waals surface area (Å²) in [4.78, 5) is 0. The molecule has 108 valence electrons. The summed E-state index contributed by atoms with van der Waals surface area (Å²) in [6.45, 7) is 3.89.